The number of nitrogens with zero attached hydrogens (tertiary/aromatic N) is 2. The molecule has 0 spiro atoms. The molecule has 126 valence electrons. The molecule has 0 radical (unpaired) electrons. The van der Waals surface area contributed by atoms with Gasteiger partial charge in [-0.05, 0) is 23.8 Å². The van der Waals surface area contributed by atoms with Gasteiger partial charge in [-0.15, -0.1) is 0 Å². The predicted molar refractivity (Wildman–Crippen MR) is 86.3 cm³/mol. The van der Waals surface area contributed by atoms with Crippen LogP contribution in [0.1, 0.15) is 19.4 Å². The van der Waals surface area contributed by atoms with Crippen molar-refractivity contribution in [1.82, 2.24) is 10.2 Å². The van der Waals surface area contributed by atoms with Crippen molar-refractivity contribution in [3.63, 3.8) is 0 Å². The smallest absolute Gasteiger partial charge is 0.308 e. The number of methoxy groups -OCH3 is 1. The lowest BCUT2D eigenvalue weighted by Gasteiger charge is -2.15. The van der Waals surface area contributed by atoms with E-state index in [0.717, 1.165) is 0 Å². The van der Waals surface area contributed by atoms with Crippen molar-refractivity contribution < 1.29 is 23.9 Å². The van der Waals surface area contributed by atoms with Gasteiger partial charge in [0.25, 0.3) is 5.91 Å². The van der Waals surface area contributed by atoms with Gasteiger partial charge in [-0.2, -0.15) is 4.99 Å². The average Bonchev–Trinajstić information content (AvgIpc) is 2.75. The first-order chi connectivity index (χ1) is 11.3. The summed E-state index contributed by atoms with van der Waals surface area (Å²) < 4.78 is 10.2. The maximum atomic E-state index is 12.0. The molecule has 0 aliphatic carbocycles. The third-order valence-corrected chi connectivity index (χ3v) is 3.14. The zero-order chi connectivity index (χ0) is 17.9. The van der Waals surface area contributed by atoms with Crippen molar-refractivity contribution in [3.8, 4) is 11.5 Å². The largest absolute Gasteiger partial charge is 0.493 e. The molecule has 1 aromatic rings. The van der Waals surface area contributed by atoms with E-state index in [9.17, 15) is 14.4 Å². The minimum Gasteiger partial charge on any atom is -0.493 e. The number of likely N-dealkylation sites (N-methyl/N-ethyl adjacent to an activating group) is 1. The lowest BCUT2D eigenvalue weighted by atomic mass is 10.1. The Kier molecular flexibility index (Phi) is 4.98. The Bertz CT molecular complexity index is 767. The predicted octanol–water partition coefficient (Wildman–Crippen LogP) is 0.925. The third kappa shape index (κ3) is 3.78. The topological polar surface area (TPSA) is 97.3 Å². The molecule has 1 aromatic carbocycles. The molecule has 24 heavy (non-hydrogen) atoms. The molecule has 1 aliphatic heterocycles. The molecular formula is C16H17N3O5. The van der Waals surface area contributed by atoms with Gasteiger partial charge in [-0.3, -0.25) is 19.7 Å². The first-order valence-electron chi connectivity index (χ1n) is 7.04. The van der Waals surface area contributed by atoms with Gasteiger partial charge in [0.2, 0.25) is 11.9 Å². The second-order valence-electron chi connectivity index (χ2n) is 5.01. The molecular weight excluding hydrogens is 314 g/mol. The van der Waals surface area contributed by atoms with Crippen molar-refractivity contribution in [2.75, 3.05) is 14.2 Å². The van der Waals surface area contributed by atoms with Crippen molar-refractivity contribution in [2.45, 2.75) is 13.8 Å². The molecule has 2 rings (SSSR count). The van der Waals surface area contributed by atoms with Gasteiger partial charge in [0.1, 0.15) is 5.70 Å². The quantitative estimate of drug-likeness (QED) is 0.503. The highest BCUT2D eigenvalue weighted by molar-refractivity contribution is 6.15. The molecule has 0 saturated heterocycles. The Hall–Kier alpha value is -3.16. The molecule has 0 unspecified atom stereocenters. The number of nitrogens with one attached hydrogen (secondary N) is 1. The molecule has 0 aromatic heterocycles. The van der Waals surface area contributed by atoms with Gasteiger partial charge in [-0.1, -0.05) is 6.07 Å². The van der Waals surface area contributed by atoms with Crippen LogP contribution in [0.5, 0.6) is 11.5 Å². The summed E-state index contributed by atoms with van der Waals surface area (Å²) in [6.07, 6.45) is 1.60. The molecule has 0 fully saturated rings. The fourth-order valence-electron chi connectivity index (χ4n) is 2.08. The Labute approximate surface area is 138 Å². The number of carbonyl (C=O) groups is 3. The number of benzene rings is 1. The highest BCUT2D eigenvalue weighted by atomic mass is 16.6. The van der Waals surface area contributed by atoms with Crippen LogP contribution in [0.3, 0.4) is 0 Å². The summed E-state index contributed by atoms with van der Waals surface area (Å²) in [5.74, 6) is -0.434. The number of ether oxygens (including phenoxy) is 2. The zero-order valence-electron chi connectivity index (χ0n) is 13.7. The van der Waals surface area contributed by atoms with Gasteiger partial charge in [0.05, 0.1) is 7.11 Å². The van der Waals surface area contributed by atoms with Crippen LogP contribution in [-0.4, -0.2) is 42.8 Å². The van der Waals surface area contributed by atoms with Crippen LogP contribution in [0.4, 0.5) is 0 Å². The van der Waals surface area contributed by atoms with E-state index in [2.05, 4.69) is 10.3 Å². The summed E-state index contributed by atoms with van der Waals surface area (Å²) in [6, 6.07) is 4.87. The van der Waals surface area contributed by atoms with Gasteiger partial charge < -0.3 is 14.4 Å². The summed E-state index contributed by atoms with van der Waals surface area (Å²) in [5.41, 5.74) is 0.943. The number of amides is 2. The highest BCUT2D eigenvalue weighted by Gasteiger charge is 2.27. The number of hydrogen-bond donors (Lipinski definition) is 1. The second-order valence-corrected chi connectivity index (χ2v) is 5.01. The molecule has 1 heterocycles. The van der Waals surface area contributed by atoms with Crippen LogP contribution in [-0.2, 0) is 14.4 Å². The van der Waals surface area contributed by atoms with Gasteiger partial charge in [-0.25, -0.2) is 0 Å². The molecule has 2 amide bonds. The number of guanidine groups is 1. The molecule has 1 aliphatic rings. The molecule has 8 nitrogen and oxygen atoms in total. The first kappa shape index (κ1) is 17.2. The summed E-state index contributed by atoms with van der Waals surface area (Å²) >= 11 is 0. The van der Waals surface area contributed by atoms with E-state index in [0.29, 0.717) is 17.0 Å². The van der Waals surface area contributed by atoms with E-state index in [-0.39, 0.29) is 17.6 Å². The Morgan fingerprint density at radius 1 is 1.25 bits per heavy atom. The summed E-state index contributed by atoms with van der Waals surface area (Å²) in [7, 11) is 3.07. The average molecular weight is 331 g/mol. The van der Waals surface area contributed by atoms with E-state index >= 15 is 0 Å². The maximum absolute atomic E-state index is 12.0. The van der Waals surface area contributed by atoms with Gasteiger partial charge in [0.15, 0.2) is 11.5 Å². The number of esters is 1. The SMILES string of the molecule is COc1cc(C=C2C(=O)N=C(NC(C)=O)N2C)ccc1OC(C)=O. The first-order valence-corrected chi connectivity index (χ1v) is 7.04. The van der Waals surface area contributed by atoms with Crippen LogP contribution in [0.15, 0.2) is 28.9 Å². The summed E-state index contributed by atoms with van der Waals surface area (Å²) in [4.78, 5) is 39.5. The molecule has 0 bridgehead atoms. The van der Waals surface area contributed by atoms with Crippen molar-refractivity contribution in [3.05, 3.63) is 29.5 Å². The summed E-state index contributed by atoms with van der Waals surface area (Å²) in [6.45, 7) is 2.63. The van der Waals surface area contributed by atoms with Crippen LogP contribution in [0.2, 0.25) is 0 Å². The second kappa shape index (κ2) is 6.95. The number of aliphatic imine (C=N–C) groups is 1. The monoisotopic (exact) mass is 331 g/mol. The molecule has 0 saturated carbocycles. The number of hydrogen-bond acceptors (Lipinski definition) is 6. The molecule has 0 atom stereocenters. The van der Waals surface area contributed by atoms with Crippen LogP contribution < -0.4 is 14.8 Å². The lowest BCUT2D eigenvalue weighted by Crippen LogP contribution is -2.37. The minimum absolute atomic E-state index is 0.169. The van der Waals surface area contributed by atoms with Gasteiger partial charge in [0, 0.05) is 20.9 Å². The van der Waals surface area contributed by atoms with E-state index in [1.165, 1.54) is 25.9 Å². The van der Waals surface area contributed by atoms with Crippen LogP contribution in [0, 0.1) is 0 Å². The Morgan fingerprint density at radius 2 is 1.96 bits per heavy atom. The fraction of sp³-hybridized carbons (Fsp3) is 0.250. The molecule has 1 N–H and O–H groups in total. The molecule has 8 heteroatoms. The van der Waals surface area contributed by atoms with E-state index in [1.807, 2.05) is 0 Å². The van der Waals surface area contributed by atoms with Crippen molar-refractivity contribution in [2.24, 2.45) is 4.99 Å². The Balaban J connectivity index is 2.30. The van der Waals surface area contributed by atoms with Crippen molar-refractivity contribution >= 4 is 29.8 Å². The third-order valence-electron chi connectivity index (χ3n) is 3.14. The van der Waals surface area contributed by atoms with E-state index in [4.69, 9.17) is 9.47 Å². The lowest BCUT2D eigenvalue weighted by molar-refractivity contribution is -0.132. The maximum Gasteiger partial charge on any atom is 0.308 e. The number of rotatable bonds is 3. The number of carbonyl (C=O) groups excluding carboxylic acids is 3. The fourth-order valence-corrected chi connectivity index (χ4v) is 2.08. The normalized spacial score (nSPS) is 15.3. The zero-order valence-corrected chi connectivity index (χ0v) is 13.7. The Morgan fingerprint density at radius 3 is 2.54 bits per heavy atom. The standard InChI is InChI=1S/C16H17N3O5/c1-9(20)17-16-18-15(22)12(19(16)3)7-11-5-6-13(24-10(2)21)14(8-11)23-4/h5-8H,1-4H3,(H,17,18,20,22). The van der Waals surface area contributed by atoms with E-state index in [1.54, 1.807) is 31.3 Å². The van der Waals surface area contributed by atoms with Crippen LogP contribution >= 0.6 is 0 Å². The highest BCUT2D eigenvalue weighted by Crippen LogP contribution is 2.29. The van der Waals surface area contributed by atoms with Crippen molar-refractivity contribution in [1.29, 1.82) is 0 Å². The van der Waals surface area contributed by atoms with Gasteiger partial charge >= 0.3 is 5.97 Å². The van der Waals surface area contributed by atoms with E-state index < -0.39 is 11.9 Å². The summed E-state index contributed by atoms with van der Waals surface area (Å²) in [5, 5.41) is 2.48. The minimum atomic E-state index is -0.468. The van der Waals surface area contributed by atoms with Crippen LogP contribution in [0.25, 0.3) is 6.08 Å².